The Bertz CT molecular complexity index is 1150. The summed E-state index contributed by atoms with van der Waals surface area (Å²) in [4.78, 5) is 39.2. The average Bonchev–Trinajstić information content (AvgIpc) is 3.19. The maximum absolute atomic E-state index is 13.2. The fraction of sp³-hybridized carbons (Fsp3) is 0.444. The number of fused-ring (bicyclic) bond motifs is 4. The second-order valence-electron chi connectivity index (χ2n) is 10.1. The second-order valence-corrected chi connectivity index (χ2v) is 10.1. The maximum atomic E-state index is 13.2. The molecule has 2 amide bonds. The zero-order chi connectivity index (χ0) is 24.2. The lowest BCUT2D eigenvalue weighted by atomic mass is 9.98. The van der Waals surface area contributed by atoms with Crippen molar-refractivity contribution in [1.29, 1.82) is 0 Å². The molecule has 0 bridgehead atoms. The highest BCUT2D eigenvalue weighted by atomic mass is 16.5. The lowest BCUT2D eigenvalue weighted by molar-refractivity contribution is -0.150. The molecule has 2 heterocycles. The van der Waals surface area contributed by atoms with Gasteiger partial charge in [-0.15, -0.1) is 0 Å². The molecular formula is C27H28N2O6. The van der Waals surface area contributed by atoms with Gasteiger partial charge in [-0.3, -0.25) is 4.79 Å². The first-order valence-electron chi connectivity index (χ1n) is 12.2. The van der Waals surface area contributed by atoms with E-state index in [1.54, 1.807) is 0 Å². The first kappa shape index (κ1) is 22.1. The number of alkyl carbamates (subject to hydrolysis) is 1. The standard InChI is InChI=1S/C27H28N2O6/c30-24(29-21-9-12-34-23(21)13-22(29)25(31)32)14-27(10-11-27)28-26(33)35-15-20-18-7-3-1-5-16(18)17-6-2-4-8-19(17)20/h1-8,20-23H,9-15H2,(H,28,33)(H,31,32)/t21-,22?,23-/m1/s1. The Hall–Kier alpha value is -3.39. The van der Waals surface area contributed by atoms with Gasteiger partial charge in [0.05, 0.1) is 24.1 Å². The molecule has 2 aromatic rings. The molecule has 2 aliphatic carbocycles. The molecule has 0 aromatic heterocycles. The third-order valence-corrected chi connectivity index (χ3v) is 7.95. The van der Waals surface area contributed by atoms with Gasteiger partial charge < -0.3 is 24.8 Å². The zero-order valence-electron chi connectivity index (χ0n) is 19.3. The molecule has 0 spiro atoms. The predicted molar refractivity (Wildman–Crippen MR) is 126 cm³/mol. The summed E-state index contributed by atoms with van der Waals surface area (Å²) in [6.45, 7) is 0.743. The molecule has 6 rings (SSSR count). The van der Waals surface area contributed by atoms with Gasteiger partial charge in [0.2, 0.25) is 5.91 Å². The summed E-state index contributed by atoms with van der Waals surface area (Å²) >= 11 is 0. The van der Waals surface area contributed by atoms with E-state index in [0.717, 1.165) is 22.3 Å². The molecule has 1 unspecified atom stereocenters. The molecule has 8 heteroatoms. The van der Waals surface area contributed by atoms with Gasteiger partial charge in [0.25, 0.3) is 0 Å². The summed E-state index contributed by atoms with van der Waals surface area (Å²) < 4.78 is 11.3. The zero-order valence-corrected chi connectivity index (χ0v) is 19.3. The van der Waals surface area contributed by atoms with Gasteiger partial charge in [0, 0.05) is 18.9 Å². The number of nitrogens with zero attached hydrogens (tertiary/aromatic N) is 1. The van der Waals surface area contributed by atoms with Crippen LogP contribution in [0.15, 0.2) is 48.5 Å². The van der Waals surface area contributed by atoms with Crippen LogP contribution in [0.3, 0.4) is 0 Å². The molecule has 4 aliphatic rings. The predicted octanol–water partition coefficient (Wildman–Crippen LogP) is 3.29. The van der Waals surface area contributed by atoms with E-state index in [4.69, 9.17) is 9.47 Å². The Balaban J connectivity index is 1.10. The average molecular weight is 477 g/mol. The van der Waals surface area contributed by atoms with Crippen LogP contribution in [0, 0.1) is 0 Å². The number of rotatable bonds is 6. The number of nitrogens with one attached hydrogen (secondary N) is 1. The number of benzene rings is 2. The number of amides is 2. The van der Waals surface area contributed by atoms with Gasteiger partial charge in [0.15, 0.2) is 0 Å². The highest BCUT2D eigenvalue weighted by Crippen LogP contribution is 2.45. The fourth-order valence-electron chi connectivity index (χ4n) is 6.05. The largest absolute Gasteiger partial charge is 0.480 e. The van der Waals surface area contributed by atoms with Gasteiger partial charge in [0.1, 0.15) is 12.6 Å². The van der Waals surface area contributed by atoms with E-state index in [9.17, 15) is 19.5 Å². The highest BCUT2D eigenvalue weighted by Gasteiger charge is 2.53. The van der Waals surface area contributed by atoms with Crippen molar-refractivity contribution in [2.45, 2.75) is 61.7 Å². The van der Waals surface area contributed by atoms with Crippen LogP contribution in [0.2, 0.25) is 0 Å². The lowest BCUT2D eigenvalue weighted by Crippen LogP contribution is -2.49. The van der Waals surface area contributed by atoms with Gasteiger partial charge in [-0.1, -0.05) is 48.5 Å². The highest BCUT2D eigenvalue weighted by molar-refractivity contribution is 5.86. The summed E-state index contributed by atoms with van der Waals surface area (Å²) in [5.41, 5.74) is 3.93. The molecule has 35 heavy (non-hydrogen) atoms. The summed E-state index contributed by atoms with van der Waals surface area (Å²) in [7, 11) is 0. The number of carboxylic acid groups (broad SMARTS) is 1. The molecule has 3 fully saturated rings. The third-order valence-electron chi connectivity index (χ3n) is 7.95. The summed E-state index contributed by atoms with van der Waals surface area (Å²) in [5, 5.41) is 12.5. The van der Waals surface area contributed by atoms with E-state index in [0.29, 0.717) is 32.3 Å². The van der Waals surface area contributed by atoms with Crippen molar-refractivity contribution in [3.63, 3.8) is 0 Å². The first-order valence-corrected chi connectivity index (χ1v) is 12.2. The second kappa shape index (κ2) is 8.37. The third kappa shape index (κ3) is 3.86. The van der Waals surface area contributed by atoms with Crippen LogP contribution in [0.5, 0.6) is 0 Å². The SMILES string of the molecule is O=C(NC1(CC(=O)N2C(C(=O)O)C[C@H]3OCC[C@H]32)CC1)OCC1c2ccccc2-c2ccccc21. The molecule has 1 saturated carbocycles. The van der Waals surface area contributed by atoms with Crippen molar-refractivity contribution in [3.8, 4) is 11.1 Å². The van der Waals surface area contributed by atoms with Crippen LogP contribution in [-0.2, 0) is 19.1 Å². The molecule has 2 saturated heterocycles. The molecule has 182 valence electrons. The number of carbonyl (C=O) groups excluding carboxylic acids is 2. The molecule has 3 atom stereocenters. The van der Waals surface area contributed by atoms with Crippen LogP contribution in [0.4, 0.5) is 4.79 Å². The summed E-state index contributed by atoms with van der Waals surface area (Å²) in [6.07, 6.45) is 1.61. The maximum Gasteiger partial charge on any atom is 0.407 e. The van der Waals surface area contributed by atoms with Crippen molar-refractivity contribution < 1.29 is 29.0 Å². The van der Waals surface area contributed by atoms with E-state index < -0.39 is 23.6 Å². The van der Waals surface area contributed by atoms with E-state index in [1.165, 1.54) is 4.90 Å². The van der Waals surface area contributed by atoms with Gasteiger partial charge >= 0.3 is 12.1 Å². The minimum atomic E-state index is -1.01. The normalized spacial score (nSPS) is 25.5. The van der Waals surface area contributed by atoms with Gasteiger partial charge in [-0.2, -0.15) is 0 Å². The molecule has 2 aliphatic heterocycles. The number of likely N-dealkylation sites (tertiary alicyclic amines) is 1. The molecule has 0 radical (unpaired) electrons. The van der Waals surface area contributed by atoms with Crippen molar-refractivity contribution in [2.75, 3.05) is 13.2 Å². The Morgan fingerprint density at radius 1 is 1.06 bits per heavy atom. The van der Waals surface area contributed by atoms with Crippen molar-refractivity contribution in [3.05, 3.63) is 59.7 Å². The minimum absolute atomic E-state index is 0.0369. The molecule has 8 nitrogen and oxygen atoms in total. The topological polar surface area (TPSA) is 105 Å². The summed E-state index contributed by atoms with van der Waals surface area (Å²) in [6, 6.07) is 15.2. The van der Waals surface area contributed by atoms with Crippen molar-refractivity contribution in [1.82, 2.24) is 10.2 Å². The van der Waals surface area contributed by atoms with Gasteiger partial charge in [-0.25, -0.2) is 9.59 Å². The van der Waals surface area contributed by atoms with Crippen LogP contribution in [0.25, 0.3) is 11.1 Å². The number of carbonyl (C=O) groups is 3. The van der Waals surface area contributed by atoms with E-state index in [2.05, 4.69) is 29.6 Å². The first-order chi connectivity index (χ1) is 17.0. The van der Waals surface area contributed by atoms with Crippen molar-refractivity contribution in [2.24, 2.45) is 0 Å². The Morgan fingerprint density at radius 2 is 1.71 bits per heavy atom. The number of aliphatic carboxylic acids is 1. The smallest absolute Gasteiger partial charge is 0.407 e. The molecular weight excluding hydrogens is 448 g/mol. The van der Waals surface area contributed by atoms with Gasteiger partial charge in [-0.05, 0) is 41.5 Å². The van der Waals surface area contributed by atoms with Crippen LogP contribution in [0.1, 0.15) is 49.1 Å². The van der Waals surface area contributed by atoms with Crippen LogP contribution in [-0.4, -0.2) is 64.9 Å². The Morgan fingerprint density at radius 3 is 2.34 bits per heavy atom. The number of ether oxygens (including phenoxy) is 2. The van der Waals surface area contributed by atoms with E-state index >= 15 is 0 Å². The quantitative estimate of drug-likeness (QED) is 0.663. The van der Waals surface area contributed by atoms with E-state index in [-0.39, 0.29) is 37.0 Å². The number of hydrogen-bond donors (Lipinski definition) is 2. The van der Waals surface area contributed by atoms with E-state index in [1.807, 2.05) is 24.3 Å². The fourth-order valence-corrected chi connectivity index (χ4v) is 6.05. The molecule has 2 aromatic carbocycles. The van der Waals surface area contributed by atoms with Crippen LogP contribution >= 0.6 is 0 Å². The summed E-state index contributed by atoms with van der Waals surface area (Å²) in [5.74, 6) is -1.29. The number of hydrogen-bond acceptors (Lipinski definition) is 5. The Labute approximate surface area is 203 Å². The lowest BCUT2D eigenvalue weighted by Gasteiger charge is -2.29. The monoisotopic (exact) mass is 476 g/mol. The molecule has 2 N–H and O–H groups in total. The Kier molecular flexibility index (Phi) is 5.29. The van der Waals surface area contributed by atoms with Crippen molar-refractivity contribution >= 4 is 18.0 Å². The van der Waals surface area contributed by atoms with Crippen LogP contribution < -0.4 is 5.32 Å². The minimum Gasteiger partial charge on any atom is -0.480 e. The number of carboxylic acids is 1.